The van der Waals surface area contributed by atoms with Crippen LogP contribution in [0.15, 0.2) is 35.4 Å². The van der Waals surface area contributed by atoms with Gasteiger partial charge in [-0.1, -0.05) is 42.4 Å². The number of likely N-dealkylation sites (tertiary alicyclic amines) is 1. The lowest BCUT2D eigenvalue weighted by molar-refractivity contribution is 0.103. The lowest BCUT2D eigenvalue weighted by Gasteiger charge is -2.15. The van der Waals surface area contributed by atoms with Gasteiger partial charge in [-0.05, 0) is 17.0 Å². The van der Waals surface area contributed by atoms with Crippen LogP contribution in [0.2, 0.25) is 0 Å². The van der Waals surface area contributed by atoms with E-state index in [0.717, 1.165) is 5.56 Å². The van der Waals surface area contributed by atoms with E-state index in [1.165, 1.54) is 0 Å². The first kappa shape index (κ1) is 13.2. The van der Waals surface area contributed by atoms with Crippen LogP contribution < -0.4 is 0 Å². The Morgan fingerprint density at radius 1 is 1.47 bits per heavy atom. The zero-order valence-electron chi connectivity index (χ0n) is 10.8. The van der Waals surface area contributed by atoms with Gasteiger partial charge in [-0.15, -0.1) is 0 Å². The number of ether oxygens (including phenoxy) is 1. The van der Waals surface area contributed by atoms with Crippen LogP contribution in [0.4, 0.5) is 4.79 Å². The molecule has 6 heteroatoms. The molecule has 1 fully saturated rings. The first-order valence-electron chi connectivity index (χ1n) is 6.20. The second kappa shape index (κ2) is 6.11. The third-order valence-electron chi connectivity index (χ3n) is 3.24. The molecule has 6 nitrogen and oxygen atoms in total. The van der Waals surface area contributed by atoms with Crippen molar-refractivity contribution in [3.05, 3.63) is 46.3 Å². The minimum Gasteiger partial charge on any atom is -0.445 e. The zero-order valence-corrected chi connectivity index (χ0v) is 10.8. The number of carbonyl (C=O) groups is 1. The van der Waals surface area contributed by atoms with Gasteiger partial charge in [0.1, 0.15) is 6.61 Å². The van der Waals surface area contributed by atoms with Gasteiger partial charge in [-0.3, -0.25) is 0 Å². The normalized spacial score (nSPS) is 21.8. The van der Waals surface area contributed by atoms with E-state index in [4.69, 9.17) is 10.3 Å². The van der Waals surface area contributed by atoms with Gasteiger partial charge >= 0.3 is 6.09 Å². The zero-order chi connectivity index (χ0) is 13.7. The van der Waals surface area contributed by atoms with Crippen LogP contribution in [0.5, 0.6) is 0 Å². The Hall–Kier alpha value is -2.20. The molecule has 1 aromatic rings. The molecular formula is C13H16N4O2. The first-order valence-corrected chi connectivity index (χ1v) is 6.20. The summed E-state index contributed by atoms with van der Waals surface area (Å²) in [6.07, 6.45) is -0.355. The number of nitrogens with zero attached hydrogens (tertiary/aromatic N) is 4. The molecule has 2 unspecified atom stereocenters. The summed E-state index contributed by atoms with van der Waals surface area (Å²) in [6.45, 7) is 3.22. The van der Waals surface area contributed by atoms with E-state index in [1.807, 2.05) is 37.3 Å². The summed E-state index contributed by atoms with van der Waals surface area (Å²) in [5, 5.41) is 3.69. The van der Waals surface area contributed by atoms with Crippen molar-refractivity contribution in [3.63, 3.8) is 0 Å². The van der Waals surface area contributed by atoms with E-state index in [-0.39, 0.29) is 24.7 Å². The van der Waals surface area contributed by atoms with E-state index in [9.17, 15) is 4.79 Å². The summed E-state index contributed by atoms with van der Waals surface area (Å²) in [4.78, 5) is 16.3. The predicted molar refractivity (Wildman–Crippen MR) is 70.3 cm³/mol. The Labute approximate surface area is 111 Å². The maximum Gasteiger partial charge on any atom is 0.410 e. The van der Waals surface area contributed by atoms with Crippen molar-refractivity contribution in [2.45, 2.75) is 19.6 Å². The Kier molecular flexibility index (Phi) is 4.26. The molecule has 1 aliphatic rings. The van der Waals surface area contributed by atoms with Crippen molar-refractivity contribution in [3.8, 4) is 0 Å². The molecule has 1 aliphatic heterocycles. The van der Waals surface area contributed by atoms with Crippen molar-refractivity contribution in [2.24, 2.45) is 11.0 Å². The summed E-state index contributed by atoms with van der Waals surface area (Å²) in [5.74, 6) is 0.167. The smallest absolute Gasteiger partial charge is 0.410 e. The summed E-state index contributed by atoms with van der Waals surface area (Å²) < 4.78 is 5.24. The molecular weight excluding hydrogens is 244 g/mol. The minimum absolute atomic E-state index is 0.158. The van der Waals surface area contributed by atoms with Crippen LogP contribution in [-0.4, -0.2) is 30.1 Å². The van der Waals surface area contributed by atoms with Crippen LogP contribution in [-0.2, 0) is 11.3 Å². The fraction of sp³-hybridized carbons (Fsp3) is 0.462. The van der Waals surface area contributed by atoms with Gasteiger partial charge in [0.2, 0.25) is 0 Å². The number of rotatable bonds is 3. The molecule has 0 bridgehead atoms. The standard InChI is InChI=1S/C13H16N4O2/c1-10-7-17(8-12(10)15-16-14)13(18)19-9-11-5-3-2-4-6-11/h2-6,10,12H,7-9H2,1H3. The van der Waals surface area contributed by atoms with Gasteiger partial charge in [0.05, 0.1) is 6.04 Å². The van der Waals surface area contributed by atoms with E-state index in [2.05, 4.69) is 10.0 Å². The van der Waals surface area contributed by atoms with E-state index >= 15 is 0 Å². The lowest BCUT2D eigenvalue weighted by atomic mass is 10.1. The molecule has 0 spiro atoms. The number of amides is 1. The average Bonchev–Trinajstić information content (AvgIpc) is 2.79. The molecule has 1 saturated heterocycles. The molecule has 0 saturated carbocycles. The van der Waals surface area contributed by atoms with E-state index in [1.54, 1.807) is 4.90 Å². The molecule has 0 radical (unpaired) electrons. The molecule has 2 atom stereocenters. The maximum atomic E-state index is 11.9. The summed E-state index contributed by atoms with van der Waals surface area (Å²) in [7, 11) is 0. The van der Waals surface area contributed by atoms with E-state index in [0.29, 0.717) is 13.1 Å². The maximum absolute atomic E-state index is 11.9. The highest BCUT2D eigenvalue weighted by Gasteiger charge is 2.32. The van der Waals surface area contributed by atoms with Crippen LogP contribution >= 0.6 is 0 Å². The van der Waals surface area contributed by atoms with Gasteiger partial charge < -0.3 is 9.64 Å². The topological polar surface area (TPSA) is 78.3 Å². The SMILES string of the molecule is CC1CN(C(=O)OCc2ccccc2)CC1N=[N+]=[N-]. The second-order valence-corrected chi connectivity index (χ2v) is 4.69. The highest BCUT2D eigenvalue weighted by atomic mass is 16.6. The number of benzene rings is 1. The Morgan fingerprint density at radius 2 is 2.21 bits per heavy atom. The monoisotopic (exact) mass is 260 g/mol. The molecule has 0 aromatic heterocycles. The van der Waals surface area contributed by atoms with Crippen molar-refractivity contribution in [1.29, 1.82) is 0 Å². The van der Waals surface area contributed by atoms with Gasteiger partial charge in [-0.2, -0.15) is 0 Å². The van der Waals surface area contributed by atoms with Crippen molar-refractivity contribution in [2.75, 3.05) is 13.1 Å². The third-order valence-corrected chi connectivity index (χ3v) is 3.24. The summed E-state index contributed by atoms with van der Waals surface area (Å²) in [5.41, 5.74) is 9.40. The predicted octanol–water partition coefficient (Wildman–Crippen LogP) is 2.95. The third kappa shape index (κ3) is 3.39. The number of azide groups is 1. The fourth-order valence-corrected chi connectivity index (χ4v) is 2.13. The van der Waals surface area contributed by atoms with Gasteiger partial charge in [-0.25, -0.2) is 4.79 Å². The molecule has 0 N–H and O–H groups in total. The van der Waals surface area contributed by atoms with Crippen LogP contribution in [0.1, 0.15) is 12.5 Å². The highest BCUT2D eigenvalue weighted by molar-refractivity contribution is 5.68. The van der Waals surface area contributed by atoms with Crippen molar-refractivity contribution in [1.82, 2.24) is 4.90 Å². The highest BCUT2D eigenvalue weighted by Crippen LogP contribution is 2.20. The number of carbonyl (C=O) groups excluding carboxylic acids is 1. The Balaban J connectivity index is 1.86. The molecule has 1 amide bonds. The second-order valence-electron chi connectivity index (χ2n) is 4.69. The molecule has 2 rings (SSSR count). The van der Waals surface area contributed by atoms with Gasteiger partial charge in [0.15, 0.2) is 0 Å². The van der Waals surface area contributed by atoms with Crippen LogP contribution in [0.25, 0.3) is 10.4 Å². The molecule has 100 valence electrons. The molecule has 1 heterocycles. The van der Waals surface area contributed by atoms with Crippen molar-refractivity contribution >= 4 is 6.09 Å². The van der Waals surface area contributed by atoms with Crippen LogP contribution in [0, 0.1) is 5.92 Å². The first-order chi connectivity index (χ1) is 9.20. The number of hydrogen-bond acceptors (Lipinski definition) is 3. The van der Waals surface area contributed by atoms with Gasteiger partial charge in [0, 0.05) is 18.0 Å². The van der Waals surface area contributed by atoms with Gasteiger partial charge in [0.25, 0.3) is 0 Å². The lowest BCUT2D eigenvalue weighted by Crippen LogP contribution is -2.29. The average molecular weight is 260 g/mol. The fourth-order valence-electron chi connectivity index (χ4n) is 2.13. The quantitative estimate of drug-likeness (QED) is 0.476. The molecule has 19 heavy (non-hydrogen) atoms. The largest absolute Gasteiger partial charge is 0.445 e. The summed E-state index contributed by atoms with van der Waals surface area (Å²) >= 11 is 0. The number of hydrogen-bond donors (Lipinski definition) is 0. The van der Waals surface area contributed by atoms with Crippen LogP contribution in [0.3, 0.4) is 0 Å². The van der Waals surface area contributed by atoms with Crippen molar-refractivity contribution < 1.29 is 9.53 Å². The molecule has 1 aromatic carbocycles. The van der Waals surface area contributed by atoms with E-state index < -0.39 is 0 Å². The molecule has 0 aliphatic carbocycles. The Bertz CT molecular complexity index is 485. The minimum atomic E-state index is -0.355. The Morgan fingerprint density at radius 3 is 2.89 bits per heavy atom. The summed E-state index contributed by atoms with van der Waals surface area (Å²) in [6, 6.07) is 9.37.